The molecule has 126 valence electrons. The van der Waals surface area contributed by atoms with Crippen LogP contribution in [0.4, 0.5) is 5.69 Å². The van der Waals surface area contributed by atoms with Crippen molar-refractivity contribution in [1.82, 2.24) is 9.47 Å². The van der Waals surface area contributed by atoms with Gasteiger partial charge in [-0.15, -0.1) is 0 Å². The van der Waals surface area contributed by atoms with Crippen molar-refractivity contribution < 1.29 is 14.3 Å². The fourth-order valence-corrected chi connectivity index (χ4v) is 2.65. The van der Waals surface area contributed by atoms with Gasteiger partial charge in [-0.25, -0.2) is 0 Å². The zero-order valence-corrected chi connectivity index (χ0v) is 14.1. The zero-order valence-electron chi connectivity index (χ0n) is 14.1. The maximum absolute atomic E-state index is 12.5. The van der Waals surface area contributed by atoms with E-state index in [-0.39, 0.29) is 11.8 Å². The Bertz CT molecular complexity index is 776. The van der Waals surface area contributed by atoms with Gasteiger partial charge in [0.25, 0.3) is 11.8 Å². The van der Waals surface area contributed by atoms with Gasteiger partial charge in [-0.05, 0) is 43.2 Å². The van der Waals surface area contributed by atoms with Crippen LogP contribution in [0.3, 0.4) is 0 Å². The minimum absolute atomic E-state index is 0.177. The average molecular weight is 327 g/mol. The van der Waals surface area contributed by atoms with E-state index in [0.29, 0.717) is 28.7 Å². The lowest BCUT2D eigenvalue weighted by atomic mass is 10.1. The molecule has 0 bridgehead atoms. The number of hydrogen-bond donors (Lipinski definition) is 1. The number of ether oxygens (including phenoxy) is 1. The number of nitrogens with one attached hydrogen (secondary N) is 1. The molecule has 0 spiro atoms. The van der Waals surface area contributed by atoms with Crippen LogP contribution in [0.25, 0.3) is 0 Å². The first kappa shape index (κ1) is 16.1. The number of anilines is 1. The van der Waals surface area contributed by atoms with Gasteiger partial charge < -0.3 is 19.5 Å². The molecular weight excluding hydrogens is 306 g/mol. The van der Waals surface area contributed by atoms with Crippen LogP contribution in [-0.4, -0.2) is 42.5 Å². The molecule has 1 fully saturated rings. The molecule has 1 N–H and O–H groups in total. The van der Waals surface area contributed by atoms with E-state index in [4.69, 9.17) is 4.74 Å². The third kappa shape index (κ3) is 3.13. The van der Waals surface area contributed by atoms with Gasteiger partial charge in [0.2, 0.25) is 0 Å². The molecule has 0 atom stereocenters. The molecule has 6 heteroatoms. The van der Waals surface area contributed by atoms with E-state index in [1.165, 1.54) is 12.0 Å². The standard InChI is InChI=1S/C18H21N3O3/c1-20(2)18(23)14-11-12(6-9-16(14)24-3)19-17(22)15-5-4-10-21(15)13-7-8-13/h4-6,9-11,13H,7-8H2,1-3H3,(H,19,22). The van der Waals surface area contributed by atoms with Gasteiger partial charge >= 0.3 is 0 Å². The summed E-state index contributed by atoms with van der Waals surface area (Å²) < 4.78 is 7.25. The smallest absolute Gasteiger partial charge is 0.272 e. The lowest BCUT2D eigenvalue weighted by molar-refractivity contribution is 0.0824. The van der Waals surface area contributed by atoms with Crippen LogP contribution in [0.15, 0.2) is 36.5 Å². The minimum Gasteiger partial charge on any atom is -0.496 e. The Morgan fingerprint density at radius 2 is 2.00 bits per heavy atom. The maximum Gasteiger partial charge on any atom is 0.272 e. The summed E-state index contributed by atoms with van der Waals surface area (Å²) in [5.74, 6) is 0.123. The highest BCUT2D eigenvalue weighted by Crippen LogP contribution is 2.36. The first-order valence-electron chi connectivity index (χ1n) is 7.89. The van der Waals surface area contributed by atoms with Crippen molar-refractivity contribution >= 4 is 17.5 Å². The van der Waals surface area contributed by atoms with Crippen molar-refractivity contribution in [2.75, 3.05) is 26.5 Å². The Morgan fingerprint density at radius 1 is 1.25 bits per heavy atom. The molecule has 0 saturated heterocycles. The number of nitrogens with zero attached hydrogens (tertiary/aromatic N) is 2. The maximum atomic E-state index is 12.5. The van der Waals surface area contributed by atoms with Gasteiger partial charge in [0, 0.05) is 32.0 Å². The number of benzene rings is 1. The Kier molecular flexibility index (Phi) is 4.29. The van der Waals surface area contributed by atoms with Crippen molar-refractivity contribution in [1.29, 1.82) is 0 Å². The Labute approximate surface area is 141 Å². The number of carbonyl (C=O) groups excluding carboxylic acids is 2. The predicted molar refractivity (Wildman–Crippen MR) is 91.7 cm³/mol. The number of rotatable bonds is 5. The van der Waals surface area contributed by atoms with Crippen molar-refractivity contribution in [3.63, 3.8) is 0 Å². The summed E-state index contributed by atoms with van der Waals surface area (Å²) in [5.41, 5.74) is 1.61. The highest BCUT2D eigenvalue weighted by Gasteiger charge is 2.26. The van der Waals surface area contributed by atoms with Crippen LogP contribution in [0.2, 0.25) is 0 Å². The Morgan fingerprint density at radius 3 is 2.62 bits per heavy atom. The van der Waals surface area contributed by atoms with Crippen molar-refractivity contribution in [2.24, 2.45) is 0 Å². The molecule has 1 aromatic carbocycles. The van der Waals surface area contributed by atoms with Gasteiger partial charge in [-0.3, -0.25) is 9.59 Å². The van der Waals surface area contributed by atoms with Gasteiger partial charge in [-0.1, -0.05) is 0 Å². The summed E-state index contributed by atoms with van der Waals surface area (Å²) in [6.07, 6.45) is 4.15. The van der Waals surface area contributed by atoms with Crippen LogP contribution >= 0.6 is 0 Å². The monoisotopic (exact) mass is 327 g/mol. The molecule has 0 aliphatic heterocycles. The second-order valence-electron chi connectivity index (χ2n) is 6.10. The van der Waals surface area contributed by atoms with E-state index >= 15 is 0 Å². The molecule has 6 nitrogen and oxygen atoms in total. The zero-order chi connectivity index (χ0) is 17.3. The summed E-state index contributed by atoms with van der Waals surface area (Å²) in [5, 5.41) is 2.87. The molecule has 1 aliphatic rings. The molecule has 0 unspecified atom stereocenters. The Balaban J connectivity index is 1.84. The van der Waals surface area contributed by atoms with Gasteiger partial charge in [0.05, 0.1) is 12.7 Å². The number of carbonyl (C=O) groups is 2. The number of amides is 2. The number of aromatic nitrogens is 1. The molecule has 1 saturated carbocycles. The Hall–Kier alpha value is -2.76. The van der Waals surface area contributed by atoms with Gasteiger partial charge in [-0.2, -0.15) is 0 Å². The molecule has 2 amide bonds. The minimum atomic E-state index is -0.180. The highest BCUT2D eigenvalue weighted by molar-refractivity contribution is 6.04. The normalized spacial score (nSPS) is 13.5. The molecule has 0 radical (unpaired) electrons. The fourth-order valence-electron chi connectivity index (χ4n) is 2.65. The third-order valence-electron chi connectivity index (χ3n) is 4.05. The van der Waals surface area contributed by atoms with Crippen molar-refractivity contribution in [2.45, 2.75) is 18.9 Å². The van der Waals surface area contributed by atoms with Crippen LogP contribution in [0, 0.1) is 0 Å². The van der Waals surface area contributed by atoms with E-state index in [9.17, 15) is 9.59 Å². The van der Waals surface area contributed by atoms with Crippen molar-refractivity contribution in [3.05, 3.63) is 47.8 Å². The molecule has 1 aromatic heterocycles. The number of hydrogen-bond acceptors (Lipinski definition) is 3. The van der Waals surface area contributed by atoms with E-state index < -0.39 is 0 Å². The summed E-state index contributed by atoms with van der Waals surface area (Å²) in [6, 6.07) is 9.18. The molecule has 2 aromatic rings. The summed E-state index contributed by atoms with van der Waals surface area (Å²) in [4.78, 5) is 26.3. The lowest BCUT2D eigenvalue weighted by Crippen LogP contribution is -2.23. The van der Waals surface area contributed by atoms with Gasteiger partial charge in [0.15, 0.2) is 0 Å². The van der Waals surface area contributed by atoms with E-state index in [2.05, 4.69) is 5.32 Å². The highest BCUT2D eigenvalue weighted by atomic mass is 16.5. The fraction of sp³-hybridized carbons (Fsp3) is 0.333. The summed E-state index contributed by atoms with van der Waals surface area (Å²) >= 11 is 0. The molecule has 1 heterocycles. The molecule has 3 rings (SSSR count). The topological polar surface area (TPSA) is 63.6 Å². The lowest BCUT2D eigenvalue weighted by Gasteiger charge is -2.15. The van der Waals surface area contributed by atoms with Gasteiger partial charge in [0.1, 0.15) is 11.4 Å². The first-order chi connectivity index (χ1) is 11.5. The quantitative estimate of drug-likeness (QED) is 0.918. The van der Waals surface area contributed by atoms with E-state index in [0.717, 1.165) is 12.8 Å². The predicted octanol–water partition coefficient (Wildman–Crippen LogP) is 2.79. The summed E-state index contributed by atoms with van der Waals surface area (Å²) in [7, 11) is 4.87. The van der Waals surface area contributed by atoms with Crippen LogP contribution in [0.5, 0.6) is 5.75 Å². The van der Waals surface area contributed by atoms with Crippen LogP contribution in [0.1, 0.15) is 39.7 Å². The molecule has 24 heavy (non-hydrogen) atoms. The largest absolute Gasteiger partial charge is 0.496 e. The van der Waals surface area contributed by atoms with E-state index in [1.54, 1.807) is 32.3 Å². The second-order valence-corrected chi connectivity index (χ2v) is 6.10. The van der Waals surface area contributed by atoms with E-state index in [1.807, 2.05) is 22.9 Å². The third-order valence-corrected chi connectivity index (χ3v) is 4.05. The first-order valence-corrected chi connectivity index (χ1v) is 7.89. The average Bonchev–Trinajstić information content (AvgIpc) is 3.30. The molecular formula is C18H21N3O3. The molecule has 1 aliphatic carbocycles. The van der Waals surface area contributed by atoms with Crippen LogP contribution < -0.4 is 10.1 Å². The van der Waals surface area contributed by atoms with Crippen LogP contribution in [-0.2, 0) is 0 Å². The van der Waals surface area contributed by atoms with Crippen molar-refractivity contribution in [3.8, 4) is 5.75 Å². The SMILES string of the molecule is COc1ccc(NC(=O)c2cccn2C2CC2)cc1C(=O)N(C)C. The second kappa shape index (κ2) is 6.39. The number of methoxy groups -OCH3 is 1. The summed E-state index contributed by atoms with van der Waals surface area (Å²) in [6.45, 7) is 0.